The molecule has 0 radical (unpaired) electrons. The lowest BCUT2D eigenvalue weighted by molar-refractivity contribution is -0.144. The quantitative estimate of drug-likeness (QED) is 0.672. The van der Waals surface area contributed by atoms with Crippen molar-refractivity contribution in [3.8, 4) is 5.75 Å². The van der Waals surface area contributed by atoms with Crippen molar-refractivity contribution in [2.45, 2.75) is 38.3 Å². The number of likely N-dealkylation sites (N-methyl/N-ethyl adjacent to an activating group) is 1. The lowest BCUT2D eigenvalue weighted by Gasteiger charge is -2.32. The second kappa shape index (κ2) is 10.2. The summed E-state index contributed by atoms with van der Waals surface area (Å²) in [6.45, 7) is 2.22. The number of thiophene rings is 1. The summed E-state index contributed by atoms with van der Waals surface area (Å²) in [6.07, 6.45) is 1.96. The lowest BCUT2D eigenvalue weighted by Crippen LogP contribution is -2.53. The van der Waals surface area contributed by atoms with Crippen LogP contribution in [0.25, 0.3) is 0 Å². The molecule has 0 saturated carbocycles. The van der Waals surface area contributed by atoms with Gasteiger partial charge in [0.05, 0.1) is 6.04 Å². The van der Waals surface area contributed by atoms with E-state index in [2.05, 4.69) is 11.4 Å². The van der Waals surface area contributed by atoms with Crippen LogP contribution in [0, 0.1) is 0 Å². The van der Waals surface area contributed by atoms with Crippen molar-refractivity contribution in [3.63, 3.8) is 0 Å². The van der Waals surface area contributed by atoms with Crippen molar-refractivity contribution >= 4 is 23.2 Å². The van der Waals surface area contributed by atoms with E-state index in [4.69, 9.17) is 5.73 Å². The van der Waals surface area contributed by atoms with Crippen LogP contribution in [0.5, 0.6) is 5.75 Å². The average Bonchev–Trinajstić information content (AvgIpc) is 3.18. The Morgan fingerprint density at radius 2 is 1.79 bits per heavy atom. The highest BCUT2D eigenvalue weighted by Gasteiger charge is 2.30. The summed E-state index contributed by atoms with van der Waals surface area (Å²) in [7, 11) is 3.37. The smallest absolute Gasteiger partial charge is 0.244 e. The fourth-order valence-corrected chi connectivity index (χ4v) is 3.78. The largest absolute Gasteiger partial charge is 0.508 e. The van der Waals surface area contributed by atoms with Crippen molar-refractivity contribution in [2.24, 2.45) is 5.73 Å². The van der Waals surface area contributed by atoms with Crippen LogP contribution in [0.3, 0.4) is 0 Å². The molecule has 1 heterocycles. The Morgan fingerprint density at radius 1 is 1.11 bits per heavy atom. The molecule has 0 aliphatic carbocycles. The molecule has 1 aromatic carbocycles. The minimum Gasteiger partial charge on any atom is -0.508 e. The molecule has 0 aliphatic rings. The minimum atomic E-state index is -0.747. The Balaban J connectivity index is 2.07. The summed E-state index contributed by atoms with van der Waals surface area (Å²) < 4.78 is 0. The van der Waals surface area contributed by atoms with E-state index in [1.165, 1.54) is 10.5 Å². The van der Waals surface area contributed by atoms with Gasteiger partial charge in [0, 0.05) is 20.6 Å². The van der Waals surface area contributed by atoms with E-state index in [-0.39, 0.29) is 17.6 Å². The second-order valence-electron chi connectivity index (χ2n) is 7.15. The van der Waals surface area contributed by atoms with Gasteiger partial charge in [-0.25, -0.2) is 0 Å². The fraction of sp³-hybridized carbons (Fsp3) is 0.429. The van der Waals surface area contributed by atoms with Gasteiger partial charge in [-0.3, -0.25) is 9.59 Å². The van der Waals surface area contributed by atoms with E-state index in [1.807, 2.05) is 5.38 Å². The maximum Gasteiger partial charge on any atom is 0.244 e. The van der Waals surface area contributed by atoms with Gasteiger partial charge in [-0.1, -0.05) is 12.1 Å². The van der Waals surface area contributed by atoms with Crippen LogP contribution >= 0.6 is 11.3 Å². The normalized spacial score (nSPS) is 13.0. The molecular weight excluding hydrogens is 374 g/mol. The predicted molar refractivity (Wildman–Crippen MR) is 112 cm³/mol. The zero-order valence-electron chi connectivity index (χ0n) is 16.7. The molecule has 6 nitrogen and oxygen atoms in total. The van der Waals surface area contributed by atoms with Gasteiger partial charge in [0.25, 0.3) is 0 Å². The van der Waals surface area contributed by atoms with Crippen LogP contribution in [0.2, 0.25) is 0 Å². The third-order valence-electron chi connectivity index (χ3n) is 4.70. The van der Waals surface area contributed by atoms with Crippen LogP contribution in [0.4, 0.5) is 0 Å². The molecular formula is C21H29N3O3S. The molecule has 7 heteroatoms. The number of nitrogens with zero attached hydrogens (tertiary/aromatic N) is 2. The number of hydrogen-bond donors (Lipinski definition) is 2. The summed E-state index contributed by atoms with van der Waals surface area (Å²) >= 11 is 1.65. The number of carbonyl (C=O) groups is 2. The van der Waals surface area contributed by atoms with Crippen molar-refractivity contribution in [2.75, 3.05) is 20.6 Å². The molecule has 152 valence electrons. The molecule has 3 N–H and O–H groups in total. The number of aromatic hydroxyl groups is 1. The summed E-state index contributed by atoms with van der Waals surface area (Å²) in [4.78, 5) is 28.6. The number of carbonyl (C=O) groups excluding carboxylic acids is 2. The Bertz CT molecular complexity index is 760. The standard InChI is InChI=1S/C21H29N3O3S/c1-15(20(26)23(2)3)24(11-4-5-17-10-12-28-14-17)21(27)19(22)13-16-6-8-18(25)9-7-16/h6-10,12,14-15,19,25H,4-5,11,13,22H2,1-3H3/t15-,19+/m1/s1. The summed E-state index contributed by atoms with van der Waals surface area (Å²) in [5, 5.41) is 13.5. The molecule has 2 rings (SSSR count). The lowest BCUT2D eigenvalue weighted by atomic mass is 10.0. The first-order chi connectivity index (χ1) is 13.3. The van der Waals surface area contributed by atoms with Crippen molar-refractivity contribution in [1.29, 1.82) is 0 Å². The number of aryl methyl sites for hydroxylation is 1. The molecule has 2 amide bonds. The van der Waals surface area contributed by atoms with Gasteiger partial charge in [0.15, 0.2) is 0 Å². The van der Waals surface area contributed by atoms with Gasteiger partial charge in [0.1, 0.15) is 11.8 Å². The van der Waals surface area contributed by atoms with Gasteiger partial charge < -0.3 is 20.6 Å². The van der Waals surface area contributed by atoms with Crippen LogP contribution < -0.4 is 5.73 Å². The predicted octanol–water partition coefficient (Wildman–Crippen LogP) is 2.26. The van der Waals surface area contributed by atoms with Crippen molar-refractivity contribution < 1.29 is 14.7 Å². The molecule has 0 fully saturated rings. The van der Waals surface area contributed by atoms with Crippen LogP contribution in [-0.2, 0) is 22.4 Å². The average molecular weight is 404 g/mol. The number of hydrogen-bond acceptors (Lipinski definition) is 5. The highest BCUT2D eigenvalue weighted by molar-refractivity contribution is 7.07. The van der Waals surface area contributed by atoms with Crippen LogP contribution in [0.15, 0.2) is 41.1 Å². The molecule has 0 saturated heterocycles. The van der Waals surface area contributed by atoms with Crippen molar-refractivity contribution in [1.82, 2.24) is 9.80 Å². The van der Waals surface area contributed by atoms with Gasteiger partial charge in [-0.2, -0.15) is 11.3 Å². The first-order valence-corrected chi connectivity index (χ1v) is 10.3. The fourth-order valence-electron chi connectivity index (χ4n) is 3.08. The molecule has 0 aliphatic heterocycles. The number of benzene rings is 1. The monoisotopic (exact) mass is 403 g/mol. The Hall–Kier alpha value is -2.38. The van der Waals surface area contributed by atoms with Gasteiger partial charge in [-0.05, 0) is 66.3 Å². The number of amides is 2. The van der Waals surface area contributed by atoms with E-state index in [9.17, 15) is 14.7 Å². The number of nitrogens with two attached hydrogens (primary N) is 1. The molecule has 2 atom stereocenters. The minimum absolute atomic E-state index is 0.124. The highest BCUT2D eigenvalue weighted by Crippen LogP contribution is 2.14. The first-order valence-electron chi connectivity index (χ1n) is 9.35. The summed E-state index contributed by atoms with van der Waals surface area (Å²) in [5.41, 5.74) is 8.29. The third-order valence-corrected chi connectivity index (χ3v) is 5.43. The molecule has 0 unspecified atom stereocenters. The Morgan fingerprint density at radius 3 is 2.36 bits per heavy atom. The third kappa shape index (κ3) is 6.07. The van der Waals surface area contributed by atoms with Crippen LogP contribution in [-0.4, -0.2) is 59.4 Å². The molecule has 1 aromatic heterocycles. The Kier molecular flexibility index (Phi) is 8.02. The van der Waals surface area contributed by atoms with Gasteiger partial charge >= 0.3 is 0 Å². The molecule has 2 aromatic rings. The second-order valence-corrected chi connectivity index (χ2v) is 7.93. The first kappa shape index (κ1) is 21.9. The van der Waals surface area contributed by atoms with Crippen LogP contribution in [0.1, 0.15) is 24.5 Å². The van der Waals surface area contributed by atoms with Gasteiger partial charge in [0.2, 0.25) is 11.8 Å². The zero-order chi connectivity index (χ0) is 20.7. The number of rotatable bonds is 9. The highest BCUT2D eigenvalue weighted by atomic mass is 32.1. The molecule has 0 bridgehead atoms. The topological polar surface area (TPSA) is 86.9 Å². The zero-order valence-corrected chi connectivity index (χ0v) is 17.5. The maximum absolute atomic E-state index is 13.1. The Labute approximate surface area is 170 Å². The van der Waals surface area contributed by atoms with Crippen molar-refractivity contribution in [3.05, 3.63) is 52.2 Å². The van der Waals surface area contributed by atoms with E-state index in [0.29, 0.717) is 13.0 Å². The van der Waals surface area contributed by atoms with Gasteiger partial charge in [-0.15, -0.1) is 0 Å². The van der Waals surface area contributed by atoms with E-state index < -0.39 is 12.1 Å². The summed E-state index contributed by atoms with van der Waals surface area (Å²) in [5.74, 6) is -0.189. The SMILES string of the molecule is C[C@H](C(=O)N(C)C)N(CCCc1ccsc1)C(=O)[C@@H](N)Cc1ccc(O)cc1. The summed E-state index contributed by atoms with van der Waals surface area (Å²) in [6, 6.07) is 7.39. The maximum atomic E-state index is 13.1. The van der Waals surface area contributed by atoms with E-state index in [1.54, 1.807) is 61.5 Å². The van der Waals surface area contributed by atoms with E-state index in [0.717, 1.165) is 18.4 Å². The van der Waals surface area contributed by atoms with E-state index >= 15 is 0 Å². The molecule has 0 spiro atoms. The molecule has 28 heavy (non-hydrogen) atoms. The number of phenolic OH excluding ortho intramolecular Hbond substituents is 1. The number of phenols is 1.